The fraction of sp³-hybridized carbons (Fsp3) is 0.636. The van der Waals surface area contributed by atoms with Gasteiger partial charge in [-0.2, -0.15) is 5.10 Å². The van der Waals surface area contributed by atoms with Crippen molar-refractivity contribution in [2.24, 2.45) is 13.0 Å². The van der Waals surface area contributed by atoms with Crippen molar-refractivity contribution in [2.75, 3.05) is 6.54 Å². The zero-order chi connectivity index (χ0) is 12.1. The molecule has 5 nitrogen and oxygen atoms in total. The van der Waals surface area contributed by atoms with Crippen LogP contribution in [-0.2, 0) is 7.05 Å². The zero-order valence-corrected chi connectivity index (χ0v) is 9.97. The van der Waals surface area contributed by atoms with Crippen LogP contribution in [0.3, 0.4) is 0 Å². The summed E-state index contributed by atoms with van der Waals surface area (Å²) in [7, 11) is 1.71. The molecule has 0 aliphatic rings. The van der Waals surface area contributed by atoms with E-state index in [9.17, 15) is 9.90 Å². The van der Waals surface area contributed by atoms with Crippen LogP contribution in [0.15, 0.2) is 12.3 Å². The second-order valence-corrected chi connectivity index (χ2v) is 4.00. The smallest absolute Gasteiger partial charge is 0.269 e. The minimum Gasteiger partial charge on any atom is -0.391 e. The maximum Gasteiger partial charge on any atom is 0.269 e. The number of carbonyl (C=O) groups excluding carboxylic acids is 1. The Kier molecular flexibility index (Phi) is 4.49. The Morgan fingerprint density at radius 1 is 1.69 bits per heavy atom. The van der Waals surface area contributed by atoms with E-state index in [1.165, 1.54) is 4.68 Å². The monoisotopic (exact) mass is 225 g/mol. The van der Waals surface area contributed by atoms with E-state index < -0.39 is 6.10 Å². The molecule has 0 aromatic carbocycles. The molecule has 1 rings (SSSR count). The number of rotatable bonds is 5. The number of hydrogen-bond acceptors (Lipinski definition) is 3. The van der Waals surface area contributed by atoms with Crippen LogP contribution < -0.4 is 5.32 Å². The second kappa shape index (κ2) is 5.65. The molecule has 90 valence electrons. The van der Waals surface area contributed by atoms with Crippen LogP contribution in [0.1, 0.15) is 30.8 Å². The minimum atomic E-state index is -0.498. The van der Waals surface area contributed by atoms with Gasteiger partial charge in [0.1, 0.15) is 5.69 Å². The lowest BCUT2D eigenvalue weighted by molar-refractivity contribution is 0.0842. The van der Waals surface area contributed by atoms with Gasteiger partial charge in [-0.1, -0.05) is 20.3 Å². The molecule has 2 atom stereocenters. The highest BCUT2D eigenvalue weighted by Gasteiger charge is 2.15. The molecule has 5 heteroatoms. The van der Waals surface area contributed by atoms with Gasteiger partial charge in [-0.05, 0) is 12.0 Å². The average Bonchev–Trinajstić information content (AvgIpc) is 2.70. The van der Waals surface area contributed by atoms with Crippen LogP contribution in [0.5, 0.6) is 0 Å². The van der Waals surface area contributed by atoms with Gasteiger partial charge < -0.3 is 10.4 Å². The number of hydrogen-bond donors (Lipinski definition) is 2. The minimum absolute atomic E-state index is 0.187. The first-order valence-corrected chi connectivity index (χ1v) is 5.50. The van der Waals surface area contributed by atoms with Gasteiger partial charge in [0, 0.05) is 19.8 Å². The van der Waals surface area contributed by atoms with E-state index in [2.05, 4.69) is 10.4 Å². The van der Waals surface area contributed by atoms with Crippen LogP contribution in [0.25, 0.3) is 0 Å². The molecule has 0 bridgehead atoms. The van der Waals surface area contributed by atoms with Crippen molar-refractivity contribution >= 4 is 5.91 Å². The number of carbonyl (C=O) groups is 1. The van der Waals surface area contributed by atoms with Gasteiger partial charge in [-0.25, -0.2) is 0 Å². The number of nitrogens with one attached hydrogen (secondary N) is 1. The van der Waals surface area contributed by atoms with Crippen LogP contribution in [0.4, 0.5) is 0 Å². The van der Waals surface area contributed by atoms with Gasteiger partial charge in [0.05, 0.1) is 6.10 Å². The highest BCUT2D eigenvalue weighted by molar-refractivity contribution is 5.92. The number of amides is 1. The fourth-order valence-corrected chi connectivity index (χ4v) is 1.36. The highest BCUT2D eigenvalue weighted by atomic mass is 16.3. The van der Waals surface area contributed by atoms with Crippen LogP contribution in [0, 0.1) is 5.92 Å². The first-order chi connectivity index (χ1) is 7.56. The third-order valence-corrected chi connectivity index (χ3v) is 2.83. The largest absolute Gasteiger partial charge is 0.391 e. The van der Waals surface area contributed by atoms with Crippen LogP contribution >= 0.6 is 0 Å². The fourth-order valence-electron chi connectivity index (χ4n) is 1.36. The van der Waals surface area contributed by atoms with Crippen molar-refractivity contribution in [3.63, 3.8) is 0 Å². The van der Waals surface area contributed by atoms with Crippen molar-refractivity contribution in [3.8, 4) is 0 Å². The molecule has 0 radical (unpaired) electrons. The summed E-state index contributed by atoms with van der Waals surface area (Å²) in [6.45, 7) is 4.25. The molecule has 1 aromatic rings. The maximum absolute atomic E-state index is 11.7. The summed E-state index contributed by atoms with van der Waals surface area (Å²) in [5.41, 5.74) is 0.497. The molecule has 16 heavy (non-hydrogen) atoms. The number of nitrogens with zero attached hydrogens (tertiary/aromatic N) is 2. The molecule has 0 aliphatic heterocycles. The van der Waals surface area contributed by atoms with E-state index in [0.29, 0.717) is 5.69 Å². The zero-order valence-electron chi connectivity index (χ0n) is 9.97. The molecule has 0 saturated heterocycles. The summed E-state index contributed by atoms with van der Waals surface area (Å²) >= 11 is 0. The molecule has 1 heterocycles. The second-order valence-electron chi connectivity index (χ2n) is 4.00. The summed E-state index contributed by atoms with van der Waals surface area (Å²) in [4.78, 5) is 11.7. The van der Waals surface area contributed by atoms with Gasteiger partial charge in [-0.15, -0.1) is 0 Å². The number of aliphatic hydroxyl groups excluding tert-OH is 1. The number of aryl methyl sites for hydroxylation is 1. The lowest BCUT2D eigenvalue weighted by Gasteiger charge is -2.17. The van der Waals surface area contributed by atoms with Crippen LogP contribution in [-0.4, -0.2) is 33.4 Å². The molecule has 0 spiro atoms. The van der Waals surface area contributed by atoms with Crippen LogP contribution in [0.2, 0.25) is 0 Å². The van der Waals surface area contributed by atoms with E-state index >= 15 is 0 Å². The Balaban J connectivity index is 2.45. The highest BCUT2D eigenvalue weighted by Crippen LogP contribution is 2.06. The first-order valence-electron chi connectivity index (χ1n) is 5.50. The Morgan fingerprint density at radius 3 is 2.88 bits per heavy atom. The van der Waals surface area contributed by atoms with Crippen molar-refractivity contribution in [1.82, 2.24) is 15.1 Å². The topological polar surface area (TPSA) is 67.2 Å². The van der Waals surface area contributed by atoms with E-state index in [0.717, 1.165) is 6.42 Å². The van der Waals surface area contributed by atoms with Gasteiger partial charge in [0.2, 0.25) is 0 Å². The first kappa shape index (κ1) is 12.7. The quantitative estimate of drug-likeness (QED) is 0.769. The van der Waals surface area contributed by atoms with E-state index in [-0.39, 0.29) is 18.4 Å². The van der Waals surface area contributed by atoms with Gasteiger partial charge in [-0.3, -0.25) is 9.48 Å². The molecule has 1 amide bonds. The van der Waals surface area contributed by atoms with Crippen molar-refractivity contribution in [1.29, 1.82) is 0 Å². The normalized spacial score (nSPS) is 14.5. The standard InChI is InChI=1S/C11H19N3O2/c1-4-8(2)10(15)7-12-11(16)9-5-6-13-14(9)3/h5-6,8,10,15H,4,7H2,1-3H3,(H,12,16). The third kappa shape index (κ3) is 3.06. The van der Waals surface area contributed by atoms with Gasteiger partial charge in [0.15, 0.2) is 0 Å². The van der Waals surface area contributed by atoms with E-state index in [1.807, 2.05) is 13.8 Å². The lowest BCUT2D eigenvalue weighted by Crippen LogP contribution is -2.36. The van der Waals surface area contributed by atoms with E-state index in [4.69, 9.17) is 0 Å². The van der Waals surface area contributed by atoms with Gasteiger partial charge >= 0.3 is 0 Å². The summed E-state index contributed by atoms with van der Waals surface area (Å²) in [6, 6.07) is 1.64. The average molecular weight is 225 g/mol. The molecule has 2 N–H and O–H groups in total. The number of aliphatic hydroxyl groups is 1. The third-order valence-electron chi connectivity index (χ3n) is 2.83. The Labute approximate surface area is 95.5 Å². The summed E-state index contributed by atoms with van der Waals surface area (Å²) in [6.07, 6.45) is 1.96. The Morgan fingerprint density at radius 2 is 2.38 bits per heavy atom. The summed E-state index contributed by atoms with van der Waals surface area (Å²) < 4.78 is 1.50. The van der Waals surface area contributed by atoms with Crippen molar-refractivity contribution < 1.29 is 9.90 Å². The molecule has 1 aromatic heterocycles. The van der Waals surface area contributed by atoms with Gasteiger partial charge in [0.25, 0.3) is 5.91 Å². The SMILES string of the molecule is CCC(C)C(O)CNC(=O)c1ccnn1C. The summed E-state index contributed by atoms with van der Waals surface area (Å²) in [5.74, 6) is -0.0193. The predicted molar refractivity (Wildman–Crippen MR) is 61.0 cm³/mol. The number of aromatic nitrogens is 2. The maximum atomic E-state index is 11.7. The lowest BCUT2D eigenvalue weighted by atomic mass is 10.0. The van der Waals surface area contributed by atoms with Crippen molar-refractivity contribution in [3.05, 3.63) is 18.0 Å². The molecule has 0 aliphatic carbocycles. The van der Waals surface area contributed by atoms with Crippen molar-refractivity contribution in [2.45, 2.75) is 26.4 Å². The molecular weight excluding hydrogens is 206 g/mol. The Bertz CT molecular complexity index is 349. The Hall–Kier alpha value is -1.36. The summed E-state index contributed by atoms with van der Waals surface area (Å²) in [5, 5.41) is 16.3. The predicted octanol–water partition coefficient (Wildman–Crippen LogP) is 0.557. The molecular formula is C11H19N3O2. The molecule has 0 saturated carbocycles. The molecule has 2 unspecified atom stereocenters. The van der Waals surface area contributed by atoms with E-state index in [1.54, 1.807) is 19.3 Å². The molecule has 0 fully saturated rings.